The van der Waals surface area contributed by atoms with Gasteiger partial charge in [-0.2, -0.15) is 8.78 Å². The lowest BCUT2D eigenvalue weighted by Crippen LogP contribution is -2.37. The number of hydrogen-bond acceptors (Lipinski definition) is 5. The second-order valence-electron chi connectivity index (χ2n) is 7.14. The van der Waals surface area contributed by atoms with Crippen LogP contribution in [0.15, 0.2) is 34.6 Å². The van der Waals surface area contributed by atoms with Gasteiger partial charge in [-0.15, -0.1) is 11.3 Å². The van der Waals surface area contributed by atoms with Crippen LogP contribution in [0.1, 0.15) is 28.0 Å². The number of aryl methyl sites for hydroxylation is 1. The van der Waals surface area contributed by atoms with Gasteiger partial charge in [0.05, 0.1) is 4.91 Å². The van der Waals surface area contributed by atoms with Crippen molar-refractivity contribution in [3.8, 4) is 5.75 Å². The minimum atomic E-state index is -3.57. The van der Waals surface area contributed by atoms with Crippen LogP contribution < -0.4 is 9.46 Å². The normalized spacial score (nSPS) is 17.0. The lowest BCUT2D eigenvalue weighted by molar-refractivity contribution is -0.0498. The standard InChI is InChI=1S/C20H22F2N2O3S2/c21-20(22)27-17-3-1-15-12-18(4-2-14(15)11-17)29(25,26)23-7-9-24-8-5-19-16(13-24)6-10-28-19/h1,3,6,10-12,20,23H,2,4-5,7-9,13H2. The fourth-order valence-corrected chi connectivity index (χ4v) is 5.85. The van der Waals surface area contributed by atoms with E-state index in [2.05, 4.69) is 25.8 Å². The van der Waals surface area contributed by atoms with Crippen molar-refractivity contribution >= 4 is 27.4 Å². The average Bonchev–Trinajstić information content (AvgIpc) is 3.15. The van der Waals surface area contributed by atoms with E-state index >= 15 is 0 Å². The molecule has 0 radical (unpaired) electrons. The maximum absolute atomic E-state index is 12.7. The molecule has 5 nitrogen and oxygen atoms in total. The van der Waals surface area contributed by atoms with E-state index in [4.69, 9.17) is 0 Å². The van der Waals surface area contributed by atoms with Crippen LogP contribution in [0.3, 0.4) is 0 Å². The molecule has 0 saturated heterocycles. The molecule has 4 rings (SSSR count). The molecule has 0 bridgehead atoms. The molecule has 9 heteroatoms. The van der Waals surface area contributed by atoms with Crippen LogP contribution in [-0.2, 0) is 29.4 Å². The number of fused-ring (bicyclic) bond motifs is 2. The van der Waals surface area contributed by atoms with Crippen molar-refractivity contribution in [2.24, 2.45) is 0 Å². The van der Waals surface area contributed by atoms with Crippen LogP contribution in [-0.4, -0.2) is 39.6 Å². The summed E-state index contributed by atoms with van der Waals surface area (Å²) < 4.78 is 57.2. The van der Waals surface area contributed by atoms with Crippen LogP contribution in [0.2, 0.25) is 0 Å². The van der Waals surface area contributed by atoms with Gasteiger partial charge in [-0.3, -0.25) is 4.90 Å². The van der Waals surface area contributed by atoms with E-state index in [1.54, 1.807) is 29.5 Å². The van der Waals surface area contributed by atoms with E-state index in [0.29, 0.717) is 30.8 Å². The van der Waals surface area contributed by atoms with Crippen LogP contribution >= 0.6 is 11.3 Å². The molecule has 1 aliphatic heterocycles. The van der Waals surface area contributed by atoms with Crippen molar-refractivity contribution in [2.75, 3.05) is 19.6 Å². The third kappa shape index (κ3) is 4.85. The number of ether oxygens (including phenoxy) is 1. The van der Waals surface area contributed by atoms with Crippen LogP contribution in [0, 0.1) is 0 Å². The molecule has 0 unspecified atom stereocenters. The molecule has 1 aromatic heterocycles. The maximum atomic E-state index is 12.7. The zero-order chi connectivity index (χ0) is 20.4. The molecule has 0 atom stereocenters. The summed E-state index contributed by atoms with van der Waals surface area (Å²) in [6, 6.07) is 6.73. The van der Waals surface area contributed by atoms with E-state index in [1.165, 1.54) is 16.5 Å². The van der Waals surface area contributed by atoms with Gasteiger partial charge in [0.25, 0.3) is 0 Å². The van der Waals surface area contributed by atoms with Crippen molar-refractivity contribution in [3.05, 3.63) is 56.1 Å². The smallest absolute Gasteiger partial charge is 0.387 e. The fraction of sp³-hybridized carbons (Fsp3) is 0.400. The minimum absolute atomic E-state index is 0.0897. The Kier molecular flexibility index (Phi) is 6.00. The number of benzene rings is 1. The van der Waals surface area contributed by atoms with Crippen molar-refractivity contribution in [3.63, 3.8) is 0 Å². The van der Waals surface area contributed by atoms with E-state index < -0.39 is 16.6 Å². The summed E-state index contributed by atoms with van der Waals surface area (Å²) in [6.45, 7) is -0.0630. The lowest BCUT2D eigenvalue weighted by Gasteiger charge is -2.27. The van der Waals surface area contributed by atoms with Gasteiger partial charge in [-0.1, -0.05) is 6.07 Å². The first-order chi connectivity index (χ1) is 13.9. The number of allylic oxidation sites excluding steroid dienone is 1. The molecule has 156 valence electrons. The molecular weight excluding hydrogens is 418 g/mol. The molecule has 2 aromatic rings. The molecule has 2 heterocycles. The third-order valence-electron chi connectivity index (χ3n) is 5.25. The van der Waals surface area contributed by atoms with Gasteiger partial charge in [0, 0.05) is 31.1 Å². The zero-order valence-corrected chi connectivity index (χ0v) is 17.4. The highest BCUT2D eigenvalue weighted by Gasteiger charge is 2.23. The summed E-state index contributed by atoms with van der Waals surface area (Å²) >= 11 is 1.78. The predicted molar refractivity (Wildman–Crippen MR) is 110 cm³/mol. The van der Waals surface area contributed by atoms with Crippen molar-refractivity contribution < 1.29 is 21.9 Å². The van der Waals surface area contributed by atoms with E-state index in [0.717, 1.165) is 30.6 Å². The maximum Gasteiger partial charge on any atom is 0.387 e. The van der Waals surface area contributed by atoms with Crippen molar-refractivity contribution in [1.82, 2.24) is 9.62 Å². The Balaban J connectivity index is 1.36. The Bertz CT molecular complexity index is 1020. The first-order valence-corrected chi connectivity index (χ1v) is 11.8. The molecule has 2 aliphatic rings. The fourth-order valence-electron chi connectivity index (χ4n) is 3.76. The third-order valence-corrected chi connectivity index (χ3v) is 7.87. The van der Waals surface area contributed by atoms with Gasteiger partial charge in [0.1, 0.15) is 5.75 Å². The summed E-state index contributed by atoms with van der Waals surface area (Å²) in [5.74, 6) is 0.0897. The minimum Gasteiger partial charge on any atom is -0.435 e. The number of alkyl halides is 2. The molecule has 0 saturated carbocycles. The Labute approximate surface area is 173 Å². The topological polar surface area (TPSA) is 58.6 Å². The second kappa shape index (κ2) is 8.51. The van der Waals surface area contributed by atoms with E-state index in [9.17, 15) is 17.2 Å². The van der Waals surface area contributed by atoms with E-state index in [-0.39, 0.29) is 5.75 Å². The molecular formula is C20H22F2N2O3S2. The zero-order valence-electron chi connectivity index (χ0n) is 15.7. The Morgan fingerprint density at radius 1 is 1.17 bits per heavy atom. The Hall–Kier alpha value is -1.81. The van der Waals surface area contributed by atoms with Gasteiger partial charge in [-0.25, -0.2) is 13.1 Å². The van der Waals surface area contributed by atoms with Gasteiger partial charge >= 0.3 is 6.61 Å². The largest absolute Gasteiger partial charge is 0.435 e. The SMILES string of the molecule is O=S(=O)(NCCN1CCc2sccc2C1)C1=Cc2ccc(OC(F)F)cc2CC1. The molecule has 0 spiro atoms. The predicted octanol–water partition coefficient (Wildman–Crippen LogP) is 3.61. The molecule has 1 aromatic carbocycles. The number of hydrogen-bond donors (Lipinski definition) is 1. The number of nitrogens with one attached hydrogen (secondary N) is 1. The lowest BCUT2D eigenvalue weighted by atomic mass is 9.97. The Morgan fingerprint density at radius 3 is 2.86 bits per heavy atom. The summed E-state index contributed by atoms with van der Waals surface area (Å²) in [5.41, 5.74) is 2.87. The summed E-state index contributed by atoms with van der Waals surface area (Å²) in [4.78, 5) is 4.01. The highest BCUT2D eigenvalue weighted by molar-refractivity contribution is 7.93. The monoisotopic (exact) mass is 440 g/mol. The second-order valence-corrected chi connectivity index (χ2v) is 9.96. The number of rotatable bonds is 7. The summed E-state index contributed by atoms with van der Waals surface area (Å²) in [6.07, 6.45) is 3.43. The number of sulfonamides is 1. The van der Waals surface area contributed by atoms with Crippen molar-refractivity contribution in [2.45, 2.75) is 32.4 Å². The van der Waals surface area contributed by atoms with Crippen LogP contribution in [0.25, 0.3) is 6.08 Å². The number of nitrogens with zero attached hydrogens (tertiary/aromatic N) is 1. The quantitative estimate of drug-likeness (QED) is 0.715. The average molecular weight is 441 g/mol. The highest BCUT2D eigenvalue weighted by atomic mass is 32.2. The molecule has 29 heavy (non-hydrogen) atoms. The summed E-state index contributed by atoms with van der Waals surface area (Å²) in [5, 5.41) is 2.10. The molecule has 0 amide bonds. The van der Waals surface area contributed by atoms with Gasteiger partial charge in [-0.05, 0) is 65.6 Å². The number of halogens is 2. The van der Waals surface area contributed by atoms with Crippen molar-refractivity contribution in [1.29, 1.82) is 0 Å². The summed E-state index contributed by atoms with van der Waals surface area (Å²) in [7, 11) is -3.57. The number of thiophene rings is 1. The van der Waals surface area contributed by atoms with Gasteiger partial charge in [0.15, 0.2) is 0 Å². The molecule has 1 aliphatic carbocycles. The molecule has 1 N–H and O–H groups in total. The first kappa shape index (κ1) is 20.5. The van der Waals surface area contributed by atoms with Gasteiger partial charge < -0.3 is 4.74 Å². The van der Waals surface area contributed by atoms with Crippen LogP contribution in [0.4, 0.5) is 8.78 Å². The molecule has 0 fully saturated rings. The Morgan fingerprint density at radius 2 is 2.03 bits per heavy atom. The van der Waals surface area contributed by atoms with Crippen LogP contribution in [0.5, 0.6) is 5.75 Å². The first-order valence-electron chi connectivity index (χ1n) is 9.46. The highest BCUT2D eigenvalue weighted by Crippen LogP contribution is 2.30. The van der Waals surface area contributed by atoms with E-state index in [1.807, 2.05) is 0 Å². The van der Waals surface area contributed by atoms with Gasteiger partial charge in [0.2, 0.25) is 10.0 Å².